The number of fused-ring (bicyclic) bond motifs is 1. The van der Waals surface area contributed by atoms with Gasteiger partial charge in [-0.05, 0) is 49.2 Å². The van der Waals surface area contributed by atoms with Gasteiger partial charge in [-0.2, -0.15) is 0 Å². The fourth-order valence-electron chi connectivity index (χ4n) is 2.97. The number of aryl methyl sites for hydroxylation is 1. The molecule has 2 aromatic carbocycles. The van der Waals surface area contributed by atoms with Crippen LogP contribution in [0.1, 0.15) is 62.8 Å². The van der Waals surface area contributed by atoms with Crippen molar-refractivity contribution in [1.29, 1.82) is 0 Å². The molecule has 26 heavy (non-hydrogen) atoms. The van der Waals surface area contributed by atoms with Gasteiger partial charge in [0.05, 0.1) is 29.0 Å². The van der Waals surface area contributed by atoms with Crippen LogP contribution in [0.2, 0.25) is 0 Å². The second-order valence-electron chi connectivity index (χ2n) is 6.39. The van der Waals surface area contributed by atoms with Crippen molar-refractivity contribution in [2.75, 3.05) is 11.5 Å². The van der Waals surface area contributed by atoms with Gasteiger partial charge in [-0.25, -0.2) is 9.69 Å². The van der Waals surface area contributed by atoms with Crippen LogP contribution < -0.4 is 4.90 Å². The van der Waals surface area contributed by atoms with Gasteiger partial charge in [0.25, 0.3) is 11.8 Å². The van der Waals surface area contributed by atoms with E-state index in [0.717, 1.165) is 29.7 Å². The Morgan fingerprint density at radius 2 is 1.77 bits per heavy atom. The van der Waals surface area contributed by atoms with Crippen LogP contribution in [0.3, 0.4) is 0 Å². The van der Waals surface area contributed by atoms with Crippen LogP contribution in [0.25, 0.3) is 0 Å². The molecule has 5 nitrogen and oxygen atoms in total. The number of nitrogens with zero attached hydrogens (tertiary/aromatic N) is 1. The van der Waals surface area contributed by atoms with Gasteiger partial charge in [0.2, 0.25) is 0 Å². The normalized spacial score (nSPS) is 13.1. The third-order valence-corrected chi connectivity index (χ3v) is 4.36. The van der Waals surface area contributed by atoms with Crippen LogP contribution in [-0.2, 0) is 4.74 Å². The maximum atomic E-state index is 12.7. The molecule has 3 rings (SSSR count). The molecular formula is C21H21NO4. The third-order valence-electron chi connectivity index (χ3n) is 4.36. The van der Waals surface area contributed by atoms with Gasteiger partial charge in [0.1, 0.15) is 0 Å². The monoisotopic (exact) mass is 351 g/mol. The van der Waals surface area contributed by atoms with Crippen molar-refractivity contribution >= 4 is 23.5 Å². The van der Waals surface area contributed by atoms with Crippen molar-refractivity contribution in [1.82, 2.24) is 0 Å². The van der Waals surface area contributed by atoms with Gasteiger partial charge in [-0.3, -0.25) is 9.59 Å². The number of hydrogen-bond donors (Lipinski definition) is 0. The zero-order valence-electron chi connectivity index (χ0n) is 15.0. The highest BCUT2D eigenvalue weighted by molar-refractivity contribution is 6.34. The molecule has 0 radical (unpaired) electrons. The van der Waals surface area contributed by atoms with Gasteiger partial charge in [-0.15, -0.1) is 0 Å². The third kappa shape index (κ3) is 3.38. The number of benzene rings is 2. The molecule has 0 bridgehead atoms. The van der Waals surface area contributed by atoms with Crippen LogP contribution in [0, 0.1) is 6.92 Å². The smallest absolute Gasteiger partial charge is 0.338 e. The summed E-state index contributed by atoms with van der Waals surface area (Å²) in [6, 6.07) is 11.7. The first-order chi connectivity index (χ1) is 12.5. The highest BCUT2D eigenvalue weighted by atomic mass is 16.5. The van der Waals surface area contributed by atoms with E-state index in [1.54, 1.807) is 18.2 Å². The predicted molar refractivity (Wildman–Crippen MR) is 98.6 cm³/mol. The highest BCUT2D eigenvalue weighted by Gasteiger charge is 2.37. The summed E-state index contributed by atoms with van der Waals surface area (Å²) in [5.74, 6) is -1.27. The maximum absolute atomic E-state index is 12.7. The first kappa shape index (κ1) is 17.9. The highest BCUT2D eigenvalue weighted by Crippen LogP contribution is 2.29. The number of hydrogen-bond acceptors (Lipinski definition) is 4. The van der Waals surface area contributed by atoms with Crippen LogP contribution in [0.15, 0.2) is 42.5 Å². The lowest BCUT2D eigenvalue weighted by Crippen LogP contribution is -2.29. The van der Waals surface area contributed by atoms with Crippen molar-refractivity contribution in [3.8, 4) is 0 Å². The lowest BCUT2D eigenvalue weighted by atomic mass is 10.1. The first-order valence-electron chi connectivity index (χ1n) is 8.79. The van der Waals surface area contributed by atoms with Gasteiger partial charge < -0.3 is 4.74 Å². The Hall–Kier alpha value is -2.95. The summed E-state index contributed by atoms with van der Waals surface area (Å²) in [6.07, 6.45) is 2.85. The number of imide groups is 1. The van der Waals surface area contributed by atoms with E-state index in [4.69, 9.17) is 4.74 Å². The molecule has 0 N–H and O–H groups in total. The van der Waals surface area contributed by atoms with Crippen molar-refractivity contribution in [3.05, 3.63) is 64.7 Å². The molecule has 0 aromatic heterocycles. The Morgan fingerprint density at radius 1 is 1.00 bits per heavy atom. The summed E-state index contributed by atoms with van der Waals surface area (Å²) in [7, 11) is 0. The summed E-state index contributed by atoms with van der Waals surface area (Å²) in [5, 5.41) is 0. The average Bonchev–Trinajstić information content (AvgIpc) is 2.89. The van der Waals surface area contributed by atoms with Crippen molar-refractivity contribution < 1.29 is 19.1 Å². The Labute approximate surface area is 152 Å². The summed E-state index contributed by atoms with van der Waals surface area (Å²) in [4.78, 5) is 38.7. The Balaban J connectivity index is 1.83. The molecule has 2 aromatic rings. The quantitative estimate of drug-likeness (QED) is 0.446. The second-order valence-corrected chi connectivity index (χ2v) is 6.39. The van der Waals surface area contributed by atoms with Crippen molar-refractivity contribution in [2.45, 2.75) is 33.1 Å². The van der Waals surface area contributed by atoms with E-state index in [1.807, 2.05) is 13.0 Å². The number of carbonyl (C=O) groups excluding carboxylic acids is 3. The zero-order valence-corrected chi connectivity index (χ0v) is 15.0. The Bertz CT molecular complexity index is 872. The molecule has 0 saturated heterocycles. The maximum Gasteiger partial charge on any atom is 0.338 e. The van der Waals surface area contributed by atoms with Crippen molar-refractivity contribution in [2.24, 2.45) is 0 Å². The molecule has 2 amide bonds. The minimum atomic E-state index is -0.474. The van der Waals surface area contributed by atoms with E-state index in [9.17, 15) is 14.4 Å². The van der Waals surface area contributed by atoms with E-state index in [0.29, 0.717) is 17.9 Å². The summed E-state index contributed by atoms with van der Waals surface area (Å²) in [6.45, 7) is 4.32. The molecule has 1 aliphatic heterocycles. The van der Waals surface area contributed by atoms with E-state index >= 15 is 0 Å². The summed E-state index contributed by atoms with van der Waals surface area (Å²) in [5.41, 5.74) is 2.31. The molecule has 0 unspecified atom stereocenters. The summed E-state index contributed by atoms with van der Waals surface area (Å²) < 4.78 is 5.23. The number of unbranched alkanes of at least 4 members (excludes halogenated alkanes) is 2. The Morgan fingerprint density at radius 3 is 2.50 bits per heavy atom. The molecule has 0 atom stereocenters. The molecule has 0 saturated carbocycles. The number of anilines is 1. The molecule has 1 aliphatic rings. The largest absolute Gasteiger partial charge is 0.462 e. The first-order valence-corrected chi connectivity index (χ1v) is 8.79. The van der Waals surface area contributed by atoms with Crippen LogP contribution in [0.5, 0.6) is 0 Å². The summed E-state index contributed by atoms with van der Waals surface area (Å²) >= 11 is 0. The van der Waals surface area contributed by atoms with E-state index in [-0.39, 0.29) is 17.0 Å². The number of carbonyl (C=O) groups is 3. The molecule has 1 heterocycles. The van der Waals surface area contributed by atoms with Gasteiger partial charge >= 0.3 is 5.97 Å². The van der Waals surface area contributed by atoms with Crippen LogP contribution >= 0.6 is 0 Å². The number of ether oxygens (including phenoxy) is 1. The second kappa shape index (κ2) is 7.52. The number of esters is 1. The topological polar surface area (TPSA) is 63.7 Å². The SMILES string of the molecule is CCCCCOC(=O)c1ccc2c(c1)C(=O)N(c1cccc(C)c1)C2=O. The fraction of sp³-hybridized carbons (Fsp3) is 0.286. The molecule has 0 fully saturated rings. The van der Waals surface area contributed by atoms with E-state index < -0.39 is 11.9 Å². The minimum absolute atomic E-state index is 0.236. The van der Waals surface area contributed by atoms with Crippen molar-refractivity contribution in [3.63, 3.8) is 0 Å². The number of rotatable bonds is 6. The molecule has 5 heteroatoms. The fourth-order valence-corrected chi connectivity index (χ4v) is 2.97. The van der Waals surface area contributed by atoms with Gasteiger partial charge in [0.15, 0.2) is 0 Å². The number of amides is 2. The standard InChI is InChI=1S/C21H21NO4/c1-3-4-5-11-26-21(25)15-9-10-17-18(13-15)20(24)22(19(17)23)16-8-6-7-14(2)12-16/h6-10,12-13H,3-5,11H2,1-2H3. The predicted octanol–water partition coefficient (Wildman–Crippen LogP) is 4.14. The average molecular weight is 351 g/mol. The van der Waals surface area contributed by atoms with Crippen LogP contribution in [0.4, 0.5) is 5.69 Å². The Kier molecular flexibility index (Phi) is 5.16. The minimum Gasteiger partial charge on any atom is -0.462 e. The van der Waals surface area contributed by atoms with E-state index in [1.165, 1.54) is 18.2 Å². The lowest BCUT2D eigenvalue weighted by molar-refractivity contribution is 0.0498. The lowest BCUT2D eigenvalue weighted by Gasteiger charge is -2.14. The molecule has 0 aliphatic carbocycles. The molecule has 134 valence electrons. The molecular weight excluding hydrogens is 330 g/mol. The van der Waals surface area contributed by atoms with Gasteiger partial charge in [-0.1, -0.05) is 31.9 Å². The molecule has 0 spiro atoms. The van der Waals surface area contributed by atoms with Gasteiger partial charge in [0, 0.05) is 0 Å². The van der Waals surface area contributed by atoms with E-state index in [2.05, 4.69) is 6.92 Å². The van der Waals surface area contributed by atoms with Crippen LogP contribution in [-0.4, -0.2) is 24.4 Å². The zero-order chi connectivity index (χ0) is 18.7.